The van der Waals surface area contributed by atoms with Gasteiger partial charge in [0.2, 0.25) is 11.4 Å². The van der Waals surface area contributed by atoms with E-state index in [-0.39, 0.29) is 31.3 Å². The molecule has 170 valence electrons. The van der Waals surface area contributed by atoms with Crippen molar-refractivity contribution in [1.29, 1.82) is 0 Å². The molecule has 2 aromatic carbocycles. The van der Waals surface area contributed by atoms with Gasteiger partial charge in [-0.15, -0.1) is 0 Å². The minimum atomic E-state index is 0. The number of aryl methyl sites for hydroxylation is 2. The van der Waals surface area contributed by atoms with Crippen molar-refractivity contribution in [3.63, 3.8) is 0 Å². The third-order valence-electron chi connectivity index (χ3n) is 5.49. The third-order valence-corrected chi connectivity index (χ3v) is 5.49. The standard InChI is InChI=1S/C26H32N2.2CH3.Ni/c1-4-5-6-7-8-9-12-24-19-25(23-13-10-11-21(3)18-23)28(27)26(24)22-16-14-20(2)15-17-22;;;/h10-11,13-19H,4-9,12H2,1-3H3;2*1H3;/q;2*-1;+2. The summed E-state index contributed by atoms with van der Waals surface area (Å²) in [6.07, 6.45) is 10.8. The van der Waals surface area contributed by atoms with E-state index in [2.05, 4.69) is 75.4 Å². The first-order valence-corrected chi connectivity index (χ1v) is 10.7. The van der Waals surface area contributed by atoms with Crippen molar-refractivity contribution >= 4 is 11.4 Å². The van der Waals surface area contributed by atoms with E-state index in [1.54, 1.807) is 0 Å². The summed E-state index contributed by atoms with van der Waals surface area (Å²) >= 11 is 0. The molecule has 31 heavy (non-hydrogen) atoms. The fourth-order valence-corrected chi connectivity index (χ4v) is 3.87. The molecule has 0 atom stereocenters. The fraction of sp³-hybridized carbons (Fsp3) is 0.357. The first-order chi connectivity index (χ1) is 13.6. The number of nitrogens with zero attached hydrogens (tertiary/aromatic N) is 2. The largest absolute Gasteiger partial charge is 2.00 e. The van der Waals surface area contributed by atoms with Crippen LogP contribution in [0.1, 0.15) is 74.1 Å². The van der Waals surface area contributed by atoms with Gasteiger partial charge >= 0.3 is 16.5 Å². The number of unbranched alkanes of at least 4 members (excludes halogenated alkanes) is 5. The fourth-order valence-electron chi connectivity index (χ4n) is 3.87. The van der Waals surface area contributed by atoms with Crippen molar-refractivity contribution in [2.45, 2.75) is 65.7 Å². The van der Waals surface area contributed by atoms with Gasteiger partial charge in [0.05, 0.1) is 0 Å². The second kappa shape index (κ2) is 14.1. The maximum absolute atomic E-state index is 11.1. The second-order valence-electron chi connectivity index (χ2n) is 7.97. The minimum Gasteiger partial charge on any atom is -0.493 e. The monoisotopic (exact) mass is 460 g/mol. The predicted molar refractivity (Wildman–Crippen MR) is 132 cm³/mol. The van der Waals surface area contributed by atoms with Gasteiger partial charge in [-0.2, -0.15) is 0 Å². The van der Waals surface area contributed by atoms with Crippen molar-refractivity contribution in [1.82, 2.24) is 0 Å². The van der Waals surface area contributed by atoms with E-state index in [9.17, 15) is 5.53 Å². The predicted octanol–water partition coefficient (Wildman–Crippen LogP) is 8.75. The Hall–Kier alpha value is -1.99. The van der Waals surface area contributed by atoms with Gasteiger partial charge in [0.1, 0.15) is 0 Å². The minimum absolute atomic E-state index is 0. The molecule has 0 saturated heterocycles. The molecule has 0 saturated carbocycles. The van der Waals surface area contributed by atoms with Gasteiger partial charge < -0.3 is 20.4 Å². The number of rotatable bonds is 9. The summed E-state index contributed by atoms with van der Waals surface area (Å²) in [5, 5.41) is 0. The van der Waals surface area contributed by atoms with Crippen molar-refractivity contribution in [3.05, 3.63) is 103 Å². The van der Waals surface area contributed by atoms with Gasteiger partial charge in [0.25, 0.3) is 0 Å². The number of hydrogen-bond donors (Lipinski definition) is 0. The van der Waals surface area contributed by atoms with Gasteiger partial charge in [0, 0.05) is 22.8 Å². The Balaban J connectivity index is 0.00000300. The molecule has 3 rings (SSSR count). The summed E-state index contributed by atoms with van der Waals surface area (Å²) in [6.45, 7) is 6.44. The Morgan fingerprint density at radius 1 is 0.774 bits per heavy atom. The number of hydrogen-bond acceptors (Lipinski definition) is 0. The van der Waals surface area contributed by atoms with Gasteiger partial charge in [-0.05, 0) is 51.0 Å². The summed E-state index contributed by atoms with van der Waals surface area (Å²) in [5.41, 5.74) is 18.7. The Labute approximate surface area is 200 Å². The summed E-state index contributed by atoms with van der Waals surface area (Å²) < 4.78 is 1.39. The van der Waals surface area contributed by atoms with E-state index in [0.717, 1.165) is 28.9 Å². The Bertz CT molecular complexity index is 891. The molecule has 0 N–H and O–H groups in total. The van der Waals surface area contributed by atoms with E-state index in [4.69, 9.17) is 0 Å². The number of allylic oxidation sites excluding steroid dienone is 2. The van der Waals surface area contributed by atoms with E-state index in [1.807, 2.05) is 0 Å². The van der Waals surface area contributed by atoms with Crippen molar-refractivity contribution in [3.8, 4) is 0 Å². The molecule has 3 heteroatoms. The van der Waals surface area contributed by atoms with E-state index < -0.39 is 0 Å². The van der Waals surface area contributed by atoms with E-state index in [0.29, 0.717) is 0 Å². The van der Waals surface area contributed by atoms with Crippen LogP contribution in [-0.2, 0) is 16.5 Å². The van der Waals surface area contributed by atoms with Crippen LogP contribution in [0.15, 0.2) is 60.2 Å². The quantitative estimate of drug-likeness (QED) is 0.154. The van der Waals surface area contributed by atoms with Gasteiger partial charge in [-0.25, -0.2) is 4.70 Å². The SMILES string of the molecule is CCCCCCCCC1=C(c2ccc(C)cc2)[N+](=[N-])C(c2cccc(C)c2)=C1.[CH3-].[CH3-].[Ni+2]. The zero-order valence-electron chi connectivity index (χ0n) is 19.9. The van der Waals surface area contributed by atoms with Crippen LogP contribution in [0.5, 0.6) is 0 Å². The maximum Gasteiger partial charge on any atom is 2.00 e. The summed E-state index contributed by atoms with van der Waals surface area (Å²) in [5.74, 6) is 0. The average molecular weight is 461 g/mol. The maximum atomic E-state index is 11.1. The molecule has 0 fully saturated rings. The topological polar surface area (TPSA) is 25.3 Å². The van der Waals surface area contributed by atoms with Crippen LogP contribution in [-0.4, -0.2) is 4.70 Å². The zero-order chi connectivity index (χ0) is 19.9. The molecule has 0 spiro atoms. The van der Waals surface area contributed by atoms with E-state index in [1.165, 1.54) is 59.9 Å². The van der Waals surface area contributed by atoms with Gasteiger partial charge in [0.15, 0.2) is 0 Å². The van der Waals surface area contributed by atoms with Crippen molar-refractivity contribution in [2.24, 2.45) is 0 Å². The Morgan fingerprint density at radius 3 is 2.06 bits per heavy atom. The van der Waals surface area contributed by atoms with Crippen LogP contribution < -0.4 is 0 Å². The van der Waals surface area contributed by atoms with Crippen LogP contribution in [0.3, 0.4) is 0 Å². The first-order valence-electron chi connectivity index (χ1n) is 10.7. The molecule has 1 heterocycles. The van der Waals surface area contributed by atoms with Crippen LogP contribution >= 0.6 is 0 Å². The van der Waals surface area contributed by atoms with Crippen LogP contribution in [0.25, 0.3) is 16.9 Å². The third kappa shape index (κ3) is 7.58. The molecule has 2 nitrogen and oxygen atoms in total. The summed E-state index contributed by atoms with van der Waals surface area (Å²) in [6, 6.07) is 16.8. The smallest absolute Gasteiger partial charge is 0.493 e. The molecule has 1 aliphatic heterocycles. The molecule has 0 radical (unpaired) electrons. The van der Waals surface area contributed by atoms with Crippen molar-refractivity contribution in [2.75, 3.05) is 0 Å². The Morgan fingerprint density at radius 2 is 1.42 bits per heavy atom. The molecular formula is C28H38N2Ni. The van der Waals surface area contributed by atoms with Crippen LogP contribution in [0.4, 0.5) is 0 Å². The zero-order valence-corrected chi connectivity index (χ0v) is 20.8. The molecule has 2 aromatic rings. The van der Waals surface area contributed by atoms with Crippen LogP contribution in [0, 0.1) is 28.7 Å². The van der Waals surface area contributed by atoms with Gasteiger partial charge in [-0.3, -0.25) is 0 Å². The summed E-state index contributed by atoms with van der Waals surface area (Å²) in [4.78, 5) is 0. The molecule has 0 amide bonds. The molecular weight excluding hydrogens is 423 g/mol. The number of benzene rings is 2. The molecule has 0 unspecified atom stereocenters. The molecule has 0 aromatic heterocycles. The Kier molecular flexibility index (Phi) is 13.2. The summed E-state index contributed by atoms with van der Waals surface area (Å²) in [7, 11) is 0. The van der Waals surface area contributed by atoms with Gasteiger partial charge in [-0.1, -0.05) is 74.4 Å². The molecule has 0 aliphatic carbocycles. The average Bonchev–Trinajstić information content (AvgIpc) is 3.01. The molecule has 0 bridgehead atoms. The second-order valence-corrected chi connectivity index (χ2v) is 7.97. The van der Waals surface area contributed by atoms with Crippen molar-refractivity contribution < 1.29 is 21.2 Å². The normalized spacial score (nSPS) is 12.6. The first kappa shape index (κ1) is 29.0. The van der Waals surface area contributed by atoms with Crippen LogP contribution in [0.2, 0.25) is 0 Å². The molecule has 1 aliphatic rings. The van der Waals surface area contributed by atoms with E-state index >= 15 is 0 Å².